The first-order valence-corrected chi connectivity index (χ1v) is 9.13. The van der Waals surface area contributed by atoms with Crippen molar-refractivity contribution < 1.29 is 4.79 Å². The van der Waals surface area contributed by atoms with Crippen molar-refractivity contribution in [3.63, 3.8) is 0 Å². The lowest BCUT2D eigenvalue weighted by atomic mass is 9.84. The van der Waals surface area contributed by atoms with Crippen molar-refractivity contribution in [1.82, 2.24) is 24.9 Å². The summed E-state index contributed by atoms with van der Waals surface area (Å²) in [5.74, 6) is 0.901. The summed E-state index contributed by atoms with van der Waals surface area (Å²) in [7, 11) is 5.41. The van der Waals surface area contributed by atoms with E-state index in [0.717, 1.165) is 37.0 Å². The van der Waals surface area contributed by atoms with Crippen LogP contribution >= 0.6 is 24.0 Å². The lowest BCUT2D eigenvalue weighted by molar-refractivity contribution is -0.138. The number of nitrogens with one attached hydrogen (secondary N) is 2. The van der Waals surface area contributed by atoms with E-state index in [1.165, 1.54) is 0 Å². The molecule has 1 fully saturated rings. The molecule has 0 radical (unpaired) electrons. The Morgan fingerprint density at radius 1 is 1.30 bits per heavy atom. The minimum atomic E-state index is -0.315. The first kappa shape index (κ1) is 21.5. The number of aliphatic imine (C=N–C) groups is 1. The van der Waals surface area contributed by atoms with Crippen molar-refractivity contribution in [2.75, 3.05) is 27.7 Å². The van der Waals surface area contributed by atoms with Crippen molar-refractivity contribution in [3.8, 4) is 0 Å². The number of imidazole rings is 1. The highest BCUT2D eigenvalue weighted by Crippen LogP contribution is 2.38. The first-order chi connectivity index (χ1) is 12.5. The maximum atomic E-state index is 12.7. The summed E-state index contributed by atoms with van der Waals surface area (Å²) in [6.45, 7) is 1.19. The van der Waals surface area contributed by atoms with Crippen LogP contribution in [0.4, 0.5) is 0 Å². The molecule has 2 N–H and O–H groups in total. The summed E-state index contributed by atoms with van der Waals surface area (Å²) in [6, 6.07) is 5.94. The molecule has 8 heteroatoms. The summed E-state index contributed by atoms with van der Waals surface area (Å²) in [5, 5.41) is 6.64. The monoisotopic (exact) mass is 484 g/mol. The Kier molecular flexibility index (Phi) is 7.46. The van der Waals surface area contributed by atoms with Gasteiger partial charge in [-0.25, -0.2) is 4.98 Å². The van der Waals surface area contributed by atoms with Gasteiger partial charge in [-0.2, -0.15) is 0 Å². The highest BCUT2D eigenvalue weighted by Gasteiger charge is 2.42. The zero-order valence-electron chi connectivity index (χ0n) is 16.2. The number of nitrogens with zero attached hydrogens (tertiary/aromatic N) is 4. The molecule has 2 heterocycles. The Labute approximate surface area is 177 Å². The molecule has 27 heavy (non-hydrogen) atoms. The van der Waals surface area contributed by atoms with Crippen LogP contribution in [0.2, 0.25) is 0 Å². The molecule has 148 valence electrons. The van der Waals surface area contributed by atoms with Crippen molar-refractivity contribution in [2.24, 2.45) is 10.4 Å². The maximum absolute atomic E-state index is 12.7. The van der Waals surface area contributed by atoms with E-state index < -0.39 is 0 Å². The van der Waals surface area contributed by atoms with E-state index in [1.807, 2.05) is 49.1 Å². The lowest BCUT2D eigenvalue weighted by Gasteiger charge is -2.31. The number of rotatable bonds is 5. The van der Waals surface area contributed by atoms with Crippen molar-refractivity contribution >= 4 is 41.5 Å². The summed E-state index contributed by atoms with van der Waals surface area (Å²) in [5.41, 5.74) is 1.55. The number of guanidine groups is 1. The number of fused-ring (bicyclic) bond motifs is 1. The molecule has 1 saturated carbocycles. The molecular weight excluding hydrogens is 455 g/mol. The van der Waals surface area contributed by atoms with Gasteiger partial charge in [0.25, 0.3) is 0 Å². The van der Waals surface area contributed by atoms with Crippen LogP contribution in [0.3, 0.4) is 0 Å². The number of aromatic nitrogens is 2. The van der Waals surface area contributed by atoms with Crippen LogP contribution in [0.1, 0.15) is 31.4 Å². The Hall–Kier alpha value is -1.84. The zero-order valence-corrected chi connectivity index (χ0v) is 18.6. The number of carbonyl (C=O) groups excluding carboxylic acids is 1. The smallest absolute Gasteiger partial charge is 0.230 e. The molecule has 0 spiro atoms. The van der Waals surface area contributed by atoms with Gasteiger partial charge in [-0.3, -0.25) is 9.79 Å². The third kappa shape index (κ3) is 4.91. The molecule has 0 atom stereocenters. The molecular formula is C19H29IN6O. The lowest BCUT2D eigenvalue weighted by Crippen LogP contribution is -2.49. The molecule has 1 aliphatic carbocycles. The van der Waals surface area contributed by atoms with Crippen LogP contribution in [0.25, 0.3) is 5.65 Å². The van der Waals surface area contributed by atoms with Gasteiger partial charge in [0.1, 0.15) is 5.65 Å². The third-order valence-corrected chi connectivity index (χ3v) is 5.09. The average molecular weight is 484 g/mol. The molecule has 0 unspecified atom stereocenters. The molecule has 2 aromatic rings. The number of hydrogen-bond donors (Lipinski definition) is 2. The fourth-order valence-electron chi connectivity index (χ4n) is 3.71. The third-order valence-electron chi connectivity index (χ3n) is 5.09. The Morgan fingerprint density at radius 3 is 2.67 bits per heavy atom. The normalized spacial score (nSPS) is 16.0. The fourth-order valence-corrected chi connectivity index (χ4v) is 3.71. The van der Waals surface area contributed by atoms with Gasteiger partial charge in [0, 0.05) is 40.1 Å². The van der Waals surface area contributed by atoms with Gasteiger partial charge in [-0.1, -0.05) is 18.9 Å². The van der Waals surface area contributed by atoms with E-state index in [9.17, 15) is 4.79 Å². The van der Waals surface area contributed by atoms with Crippen LogP contribution in [0.5, 0.6) is 0 Å². The molecule has 3 rings (SSSR count). The predicted octanol–water partition coefficient (Wildman–Crippen LogP) is 2.27. The van der Waals surface area contributed by atoms with E-state index in [1.54, 1.807) is 11.9 Å². The second kappa shape index (κ2) is 9.38. The number of amides is 1. The van der Waals surface area contributed by atoms with Crippen LogP contribution in [-0.2, 0) is 11.3 Å². The number of pyridine rings is 1. The van der Waals surface area contributed by atoms with Gasteiger partial charge in [0.15, 0.2) is 5.96 Å². The molecule has 1 aliphatic rings. The molecule has 7 nitrogen and oxygen atoms in total. The van der Waals surface area contributed by atoms with Gasteiger partial charge in [-0.15, -0.1) is 24.0 Å². The Morgan fingerprint density at radius 2 is 2.04 bits per heavy atom. The van der Waals surface area contributed by atoms with Gasteiger partial charge in [-0.05, 0) is 25.0 Å². The number of halogens is 1. The molecule has 2 aromatic heterocycles. The van der Waals surface area contributed by atoms with E-state index >= 15 is 0 Å². The molecule has 0 saturated heterocycles. The second-order valence-corrected chi connectivity index (χ2v) is 7.16. The number of carbonyl (C=O) groups is 1. The highest BCUT2D eigenvalue weighted by atomic mass is 127. The highest BCUT2D eigenvalue weighted by molar-refractivity contribution is 14.0. The summed E-state index contributed by atoms with van der Waals surface area (Å²) < 4.78 is 2.00. The van der Waals surface area contributed by atoms with Gasteiger partial charge in [0.05, 0.1) is 17.7 Å². The molecule has 0 aromatic carbocycles. The van der Waals surface area contributed by atoms with Crippen LogP contribution in [0.15, 0.2) is 35.6 Å². The first-order valence-electron chi connectivity index (χ1n) is 9.13. The Bertz CT molecular complexity index is 761. The summed E-state index contributed by atoms with van der Waals surface area (Å²) in [6.07, 6.45) is 8.06. The SMILES string of the molecule is CN=C(NCc1cn2ccccc2n1)NCC1(C(=O)N(C)C)CCCC1.I. The molecule has 0 aliphatic heterocycles. The van der Waals surface area contributed by atoms with Gasteiger partial charge in [0.2, 0.25) is 5.91 Å². The van der Waals surface area contributed by atoms with Crippen LogP contribution < -0.4 is 10.6 Å². The predicted molar refractivity (Wildman–Crippen MR) is 118 cm³/mol. The van der Waals surface area contributed by atoms with Gasteiger partial charge >= 0.3 is 0 Å². The summed E-state index contributed by atoms with van der Waals surface area (Å²) in [4.78, 5) is 23.2. The standard InChI is InChI=1S/C19H28N6O.HI/c1-20-18(21-12-15-13-25-11-7-4-8-16(25)23-15)22-14-19(9-5-6-10-19)17(26)24(2)3;/h4,7-8,11,13H,5-6,9-10,12,14H2,1-3H3,(H2,20,21,22);1H. The number of hydrogen-bond acceptors (Lipinski definition) is 3. The average Bonchev–Trinajstić information content (AvgIpc) is 3.28. The van der Waals surface area contributed by atoms with E-state index in [2.05, 4.69) is 20.6 Å². The topological polar surface area (TPSA) is 74.0 Å². The van der Waals surface area contributed by atoms with Crippen molar-refractivity contribution in [2.45, 2.75) is 32.2 Å². The van der Waals surface area contributed by atoms with Crippen molar-refractivity contribution in [3.05, 3.63) is 36.3 Å². The van der Waals surface area contributed by atoms with E-state index in [4.69, 9.17) is 0 Å². The van der Waals surface area contributed by atoms with E-state index in [-0.39, 0.29) is 35.3 Å². The largest absolute Gasteiger partial charge is 0.355 e. The maximum Gasteiger partial charge on any atom is 0.230 e. The van der Waals surface area contributed by atoms with Crippen LogP contribution in [0, 0.1) is 5.41 Å². The van der Waals surface area contributed by atoms with Crippen molar-refractivity contribution in [1.29, 1.82) is 0 Å². The zero-order chi connectivity index (χ0) is 18.6. The van der Waals surface area contributed by atoms with Gasteiger partial charge < -0.3 is 19.9 Å². The molecule has 0 bridgehead atoms. The minimum absolute atomic E-state index is 0. The van der Waals surface area contributed by atoms with E-state index in [0.29, 0.717) is 19.0 Å². The van der Waals surface area contributed by atoms with Crippen LogP contribution in [-0.4, -0.2) is 53.8 Å². The molecule has 1 amide bonds. The summed E-state index contributed by atoms with van der Waals surface area (Å²) >= 11 is 0. The second-order valence-electron chi connectivity index (χ2n) is 7.16. The quantitative estimate of drug-likeness (QED) is 0.388. The minimum Gasteiger partial charge on any atom is -0.355 e. The fraction of sp³-hybridized carbons (Fsp3) is 0.526. The Balaban J connectivity index is 0.00000261.